The van der Waals surface area contributed by atoms with Crippen molar-refractivity contribution in [2.75, 3.05) is 7.11 Å². The Morgan fingerprint density at radius 3 is 2.19 bits per heavy atom. The minimum absolute atomic E-state index is 0.0679. The van der Waals surface area contributed by atoms with Crippen molar-refractivity contribution in [1.29, 1.82) is 0 Å². The van der Waals surface area contributed by atoms with E-state index >= 15 is 0 Å². The molecule has 2 aromatic rings. The molecule has 0 fully saturated rings. The number of esters is 2. The van der Waals surface area contributed by atoms with Gasteiger partial charge in [-0.15, -0.1) is 0 Å². The molecule has 1 atom stereocenters. The van der Waals surface area contributed by atoms with Crippen molar-refractivity contribution in [3.8, 4) is 0 Å². The van der Waals surface area contributed by atoms with Gasteiger partial charge in [0.15, 0.2) is 0 Å². The van der Waals surface area contributed by atoms with Crippen LogP contribution < -0.4 is 0 Å². The second-order valence-corrected chi connectivity index (χ2v) is 5.59. The van der Waals surface area contributed by atoms with Gasteiger partial charge in [-0.05, 0) is 17.7 Å². The number of hydrogen-bond acceptors (Lipinski definition) is 4. The van der Waals surface area contributed by atoms with Crippen molar-refractivity contribution in [2.45, 2.75) is 11.8 Å². The molecule has 1 aliphatic heterocycles. The van der Waals surface area contributed by atoms with E-state index in [1.54, 1.807) is 30.3 Å². The molecular formula is C19H13F3O4. The largest absolute Gasteiger partial charge is 0.466 e. The second-order valence-electron chi connectivity index (χ2n) is 5.59. The molecule has 2 aromatic carbocycles. The smallest absolute Gasteiger partial charge is 0.416 e. The molecule has 0 amide bonds. The highest BCUT2D eigenvalue weighted by molar-refractivity contribution is 6.09. The molecule has 134 valence electrons. The maximum absolute atomic E-state index is 12.8. The first-order valence-corrected chi connectivity index (χ1v) is 7.56. The Morgan fingerprint density at radius 1 is 1.04 bits per heavy atom. The molecule has 0 aromatic heterocycles. The molecule has 0 radical (unpaired) electrons. The van der Waals surface area contributed by atoms with Crippen molar-refractivity contribution in [2.24, 2.45) is 0 Å². The summed E-state index contributed by atoms with van der Waals surface area (Å²) in [7, 11) is 1.11. The molecule has 0 saturated carbocycles. The number of cyclic esters (lactones) is 1. The number of carbonyl (C=O) groups is 2. The first kappa shape index (κ1) is 17.7. The minimum atomic E-state index is -4.53. The quantitative estimate of drug-likeness (QED) is 0.781. The van der Waals surface area contributed by atoms with Gasteiger partial charge in [-0.1, -0.05) is 42.5 Å². The number of benzene rings is 2. The lowest BCUT2D eigenvalue weighted by Gasteiger charge is -2.29. The SMILES string of the molecule is COC(=O)[C@@]1(c2ccc(C(F)(F)F)cc2)OC(=O)C=C1c1ccccc1. The molecule has 0 bridgehead atoms. The highest BCUT2D eigenvalue weighted by Gasteiger charge is 2.53. The molecule has 26 heavy (non-hydrogen) atoms. The van der Waals surface area contributed by atoms with E-state index in [2.05, 4.69) is 0 Å². The summed E-state index contributed by atoms with van der Waals surface area (Å²) < 4.78 is 48.6. The molecule has 0 N–H and O–H groups in total. The summed E-state index contributed by atoms with van der Waals surface area (Å²) in [6.45, 7) is 0. The maximum Gasteiger partial charge on any atom is 0.416 e. The molecular weight excluding hydrogens is 349 g/mol. The van der Waals surface area contributed by atoms with E-state index in [0.717, 1.165) is 37.5 Å². The number of methoxy groups -OCH3 is 1. The molecule has 1 heterocycles. The van der Waals surface area contributed by atoms with Crippen LogP contribution in [-0.4, -0.2) is 19.0 Å². The third-order valence-electron chi connectivity index (χ3n) is 4.07. The zero-order valence-corrected chi connectivity index (χ0v) is 13.5. The average Bonchev–Trinajstić information content (AvgIpc) is 2.99. The number of halogens is 3. The summed E-state index contributed by atoms with van der Waals surface area (Å²) in [6, 6.07) is 12.3. The van der Waals surface area contributed by atoms with Gasteiger partial charge in [0.2, 0.25) is 0 Å². The fraction of sp³-hybridized carbons (Fsp3) is 0.158. The van der Waals surface area contributed by atoms with Crippen molar-refractivity contribution < 1.29 is 32.2 Å². The highest BCUT2D eigenvalue weighted by atomic mass is 19.4. The van der Waals surface area contributed by atoms with E-state index in [1.807, 2.05) is 0 Å². The zero-order chi connectivity index (χ0) is 18.9. The van der Waals surface area contributed by atoms with Gasteiger partial charge in [-0.3, -0.25) is 0 Å². The van der Waals surface area contributed by atoms with E-state index in [1.165, 1.54) is 0 Å². The summed E-state index contributed by atoms with van der Waals surface area (Å²) >= 11 is 0. The van der Waals surface area contributed by atoms with Gasteiger partial charge in [-0.25, -0.2) is 9.59 Å². The van der Waals surface area contributed by atoms with Gasteiger partial charge < -0.3 is 9.47 Å². The lowest BCUT2D eigenvalue weighted by molar-refractivity contribution is -0.169. The van der Waals surface area contributed by atoms with Crippen LogP contribution in [0.4, 0.5) is 13.2 Å². The third kappa shape index (κ3) is 2.85. The van der Waals surface area contributed by atoms with Crippen LogP contribution in [0.1, 0.15) is 16.7 Å². The number of hydrogen-bond donors (Lipinski definition) is 0. The summed E-state index contributed by atoms with van der Waals surface area (Å²) in [4.78, 5) is 24.6. The predicted octanol–water partition coefficient (Wildman–Crippen LogP) is 3.71. The molecule has 3 rings (SSSR count). The number of ether oxygens (including phenoxy) is 2. The van der Waals surface area contributed by atoms with E-state index < -0.39 is 29.3 Å². The Morgan fingerprint density at radius 2 is 1.65 bits per heavy atom. The summed E-state index contributed by atoms with van der Waals surface area (Å²) in [5, 5.41) is 0. The van der Waals surface area contributed by atoms with Crippen LogP contribution in [0, 0.1) is 0 Å². The number of alkyl halides is 3. The lowest BCUT2D eigenvalue weighted by Crippen LogP contribution is -2.39. The van der Waals surface area contributed by atoms with Crippen LogP contribution in [0.15, 0.2) is 60.7 Å². The molecule has 7 heteroatoms. The molecule has 0 spiro atoms. The van der Waals surface area contributed by atoms with Gasteiger partial charge in [0.1, 0.15) is 0 Å². The van der Waals surface area contributed by atoms with E-state index in [-0.39, 0.29) is 11.1 Å². The van der Waals surface area contributed by atoms with Crippen LogP contribution >= 0.6 is 0 Å². The second kappa shape index (κ2) is 6.33. The van der Waals surface area contributed by atoms with Gasteiger partial charge in [-0.2, -0.15) is 13.2 Å². The molecule has 0 unspecified atom stereocenters. The molecule has 4 nitrogen and oxygen atoms in total. The normalized spacial score (nSPS) is 19.7. The Labute approximate surface area is 146 Å². The van der Waals surface area contributed by atoms with Crippen LogP contribution in [0.5, 0.6) is 0 Å². The van der Waals surface area contributed by atoms with Gasteiger partial charge >= 0.3 is 18.1 Å². The Bertz CT molecular complexity index is 870. The van der Waals surface area contributed by atoms with Crippen LogP contribution in [0.25, 0.3) is 5.57 Å². The predicted molar refractivity (Wildman–Crippen MR) is 85.6 cm³/mol. The molecule has 0 aliphatic carbocycles. The Hall–Kier alpha value is -3.09. The van der Waals surface area contributed by atoms with Crippen LogP contribution in [0.2, 0.25) is 0 Å². The third-order valence-corrected chi connectivity index (χ3v) is 4.07. The van der Waals surface area contributed by atoms with Crippen LogP contribution in [-0.2, 0) is 30.8 Å². The van der Waals surface area contributed by atoms with Crippen molar-refractivity contribution in [1.82, 2.24) is 0 Å². The highest BCUT2D eigenvalue weighted by Crippen LogP contribution is 2.45. The van der Waals surface area contributed by atoms with Gasteiger partial charge in [0.05, 0.1) is 12.7 Å². The first-order valence-electron chi connectivity index (χ1n) is 7.56. The Balaban J connectivity index is 2.18. The van der Waals surface area contributed by atoms with E-state index in [9.17, 15) is 22.8 Å². The van der Waals surface area contributed by atoms with E-state index in [4.69, 9.17) is 9.47 Å². The standard InChI is InChI=1S/C19H13F3O4/c1-25-17(24)18(13-7-9-14(10-8-13)19(20,21)22)15(11-16(23)26-18)12-5-3-2-4-6-12/h2-11H,1H3/t18-/m0/s1. The summed E-state index contributed by atoms with van der Waals surface area (Å²) in [5.74, 6) is -1.69. The summed E-state index contributed by atoms with van der Waals surface area (Å²) in [5.41, 5.74) is -2.05. The van der Waals surface area contributed by atoms with E-state index in [0.29, 0.717) is 5.56 Å². The molecule has 0 saturated heterocycles. The zero-order valence-electron chi connectivity index (χ0n) is 13.5. The number of carbonyl (C=O) groups excluding carboxylic acids is 2. The Kier molecular flexibility index (Phi) is 4.31. The maximum atomic E-state index is 12.8. The first-order chi connectivity index (χ1) is 12.3. The lowest BCUT2D eigenvalue weighted by atomic mass is 9.82. The van der Waals surface area contributed by atoms with Gasteiger partial charge in [0, 0.05) is 17.2 Å². The fourth-order valence-electron chi connectivity index (χ4n) is 2.88. The van der Waals surface area contributed by atoms with Crippen LogP contribution in [0.3, 0.4) is 0 Å². The monoisotopic (exact) mass is 362 g/mol. The summed E-state index contributed by atoms with van der Waals surface area (Å²) in [6.07, 6.45) is -3.38. The van der Waals surface area contributed by atoms with Gasteiger partial charge in [0.25, 0.3) is 5.60 Å². The van der Waals surface area contributed by atoms with Crippen molar-refractivity contribution in [3.63, 3.8) is 0 Å². The van der Waals surface area contributed by atoms with Crippen molar-refractivity contribution >= 4 is 17.5 Å². The fourth-order valence-corrected chi connectivity index (χ4v) is 2.88. The van der Waals surface area contributed by atoms with Crippen molar-refractivity contribution in [3.05, 3.63) is 77.4 Å². The minimum Gasteiger partial charge on any atom is -0.466 e. The average molecular weight is 362 g/mol. The number of rotatable bonds is 3. The topological polar surface area (TPSA) is 52.6 Å². The molecule has 1 aliphatic rings.